The predicted octanol–water partition coefficient (Wildman–Crippen LogP) is -1.12. The SMILES string of the molecule is [B][C@@H]1O[C@@]2(COC)CNC1[C@H]2OC. The molecule has 1 unspecified atom stereocenters. The van der Waals surface area contributed by atoms with Crippen molar-refractivity contribution in [2.24, 2.45) is 0 Å². The summed E-state index contributed by atoms with van der Waals surface area (Å²) < 4.78 is 16.2. The van der Waals surface area contributed by atoms with Gasteiger partial charge < -0.3 is 19.5 Å². The highest BCUT2D eigenvalue weighted by molar-refractivity contribution is 6.12. The van der Waals surface area contributed by atoms with E-state index in [1.54, 1.807) is 14.2 Å². The lowest BCUT2D eigenvalue weighted by atomic mass is 9.91. The number of nitrogens with one attached hydrogen (secondary N) is 1. The van der Waals surface area contributed by atoms with Crippen LogP contribution < -0.4 is 5.32 Å². The Hall–Kier alpha value is -0.0951. The Bertz CT molecular complexity index is 204. The van der Waals surface area contributed by atoms with Crippen LogP contribution >= 0.6 is 0 Å². The van der Waals surface area contributed by atoms with E-state index in [0.717, 1.165) is 6.54 Å². The van der Waals surface area contributed by atoms with Crippen LogP contribution in [0.3, 0.4) is 0 Å². The summed E-state index contributed by atoms with van der Waals surface area (Å²) in [7, 11) is 9.11. The van der Waals surface area contributed by atoms with Gasteiger partial charge in [-0.3, -0.25) is 0 Å². The number of hydrogen-bond acceptors (Lipinski definition) is 4. The van der Waals surface area contributed by atoms with Gasteiger partial charge in [-0.15, -0.1) is 0 Å². The van der Waals surface area contributed by atoms with Gasteiger partial charge in [-0.05, 0) is 0 Å². The lowest BCUT2D eigenvalue weighted by Gasteiger charge is -2.30. The third-order valence-electron chi connectivity index (χ3n) is 2.85. The van der Waals surface area contributed by atoms with Crippen LogP contribution in [-0.4, -0.2) is 59.0 Å². The molecule has 13 heavy (non-hydrogen) atoms. The van der Waals surface area contributed by atoms with Gasteiger partial charge in [0.05, 0.1) is 12.6 Å². The molecule has 0 aromatic heterocycles. The van der Waals surface area contributed by atoms with Crippen molar-refractivity contribution >= 4 is 7.85 Å². The van der Waals surface area contributed by atoms with E-state index in [1.807, 2.05) is 0 Å². The fourth-order valence-corrected chi connectivity index (χ4v) is 2.34. The molecule has 2 aliphatic heterocycles. The molecule has 5 heteroatoms. The first kappa shape index (κ1) is 9.46. The molecule has 2 fully saturated rings. The molecule has 0 saturated carbocycles. The van der Waals surface area contributed by atoms with E-state index in [1.165, 1.54) is 0 Å². The van der Waals surface area contributed by atoms with Gasteiger partial charge in [-0.2, -0.15) is 0 Å². The van der Waals surface area contributed by atoms with Crippen LogP contribution in [0.25, 0.3) is 0 Å². The maximum Gasteiger partial charge on any atom is 0.131 e. The fraction of sp³-hybridized carbons (Fsp3) is 1.00. The predicted molar refractivity (Wildman–Crippen MR) is 47.8 cm³/mol. The summed E-state index contributed by atoms with van der Waals surface area (Å²) >= 11 is 0. The van der Waals surface area contributed by atoms with Gasteiger partial charge in [0.1, 0.15) is 19.6 Å². The normalized spacial score (nSPS) is 48.6. The minimum absolute atomic E-state index is 0.00227. The van der Waals surface area contributed by atoms with Crippen LogP contribution in [0.2, 0.25) is 0 Å². The van der Waals surface area contributed by atoms with E-state index >= 15 is 0 Å². The van der Waals surface area contributed by atoms with Crippen molar-refractivity contribution < 1.29 is 14.2 Å². The second-order valence-corrected chi connectivity index (χ2v) is 3.64. The molecule has 0 amide bonds. The minimum Gasteiger partial charge on any atom is -0.382 e. The molecule has 72 valence electrons. The van der Waals surface area contributed by atoms with E-state index in [0.29, 0.717) is 6.61 Å². The number of rotatable bonds is 3. The minimum atomic E-state index is -0.381. The smallest absolute Gasteiger partial charge is 0.131 e. The van der Waals surface area contributed by atoms with Crippen LogP contribution in [0, 0.1) is 0 Å². The Morgan fingerprint density at radius 1 is 1.62 bits per heavy atom. The quantitative estimate of drug-likeness (QED) is 0.563. The number of hydrogen-bond donors (Lipinski definition) is 1. The number of methoxy groups -OCH3 is 2. The Labute approximate surface area is 79.3 Å². The standard InChI is InChI=1S/C8H14BNO3/c1-11-4-8-3-10-5(6(8)12-2)7(9)13-8/h5-7,10H,3-4H2,1-2H3/t5?,6-,7-,8-/m1/s1. The topological polar surface area (TPSA) is 39.7 Å². The summed E-state index contributed by atoms with van der Waals surface area (Å²) in [5.41, 5.74) is -0.381. The molecular formula is C8H14BNO3. The lowest BCUT2D eigenvalue weighted by Crippen LogP contribution is -2.48. The van der Waals surface area contributed by atoms with Crippen molar-refractivity contribution in [3.63, 3.8) is 0 Å². The molecule has 0 aliphatic carbocycles. The fourth-order valence-electron chi connectivity index (χ4n) is 2.34. The van der Waals surface area contributed by atoms with Gasteiger partial charge in [0.2, 0.25) is 0 Å². The first-order valence-corrected chi connectivity index (χ1v) is 4.42. The second kappa shape index (κ2) is 3.24. The summed E-state index contributed by atoms with van der Waals surface area (Å²) in [5.74, 6) is 0. The number of fused-ring (bicyclic) bond motifs is 2. The molecule has 2 bridgehead atoms. The van der Waals surface area contributed by atoms with Crippen LogP contribution in [0.5, 0.6) is 0 Å². The van der Waals surface area contributed by atoms with E-state index in [2.05, 4.69) is 5.32 Å². The second-order valence-electron chi connectivity index (χ2n) is 3.64. The molecule has 4 atom stereocenters. The molecule has 0 aromatic carbocycles. The average Bonchev–Trinajstić information content (AvgIpc) is 2.55. The highest BCUT2D eigenvalue weighted by Gasteiger charge is 2.58. The number of ether oxygens (including phenoxy) is 3. The molecule has 4 nitrogen and oxygen atoms in total. The van der Waals surface area contributed by atoms with Crippen LogP contribution in [0.1, 0.15) is 0 Å². The number of morpholine rings is 1. The van der Waals surface area contributed by atoms with Crippen molar-refractivity contribution in [3.05, 3.63) is 0 Å². The maximum atomic E-state index is 5.78. The first-order valence-electron chi connectivity index (χ1n) is 4.42. The van der Waals surface area contributed by atoms with Gasteiger partial charge in [0.25, 0.3) is 0 Å². The largest absolute Gasteiger partial charge is 0.382 e. The molecule has 0 aromatic rings. The van der Waals surface area contributed by atoms with Gasteiger partial charge in [0, 0.05) is 26.8 Å². The monoisotopic (exact) mass is 183 g/mol. The summed E-state index contributed by atoms with van der Waals surface area (Å²) in [4.78, 5) is 0. The zero-order valence-corrected chi connectivity index (χ0v) is 7.95. The van der Waals surface area contributed by atoms with Gasteiger partial charge in [-0.1, -0.05) is 0 Å². The summed E-state index contributed by atoms with van der Waals surface area (Å²) in [5, 5.41) is 3.28. The van der Waals surface area contributed by atoms with Crippen molar-refractivity contribution in [1.29, 1.82) is 0 Å². The van der Waals surface area contributed by atoms with E-state index in [-0.39, 0.29) is 23.8 Å². The zero-order chi connectivity index (χ0) is 9.47. The highest BCUT2D eigenvalue weighted by atomic mass is 16.6. The van der Waals surface area contributed by atoms with E-state index in [4.69, 9.17) is 22.1 Å². The Morgan fingerprint density at radius 3 is 2.92 bits per heavy atom. The molecule has 2 heterocycles. The first-order chi connectivity index (χ1) is 6.23. The van der Waals surface area contributed by atoms with Crippen molar-refractivity contribution in [2.45, 2.75) is 23.8 Å². The van der Waals surface area contributed by atoms with Gasteiger partial charge in [-0.25, -0.2) is 0 Å². The molecule has 1 N–H and O–H groups in total. The molecule has 2 saturated heterocycles. The third kappa shape index (κ3) is 1.22. The van der Waals surface area contributed by atoms with Crippen molar-refractivity contribution in [1.82, 2.24) is 5.32 Å². The Balaban J connectivity index is 2.17. The molecule has 2 rings (SSSR count). The van der Waals surface area contributed by atoms with Crippen LogP contribution in [-0.2, 0) is 14.2 Å². The zero-order valence-electron chi connectivity index (χ0n) is 7.95. The average molecular weight is 183 g/mol. The Morgan fingerprint density at radius 2 is 2.38 bits per heavy atom. The summed E-state index contributed by atoms with van der Waals surface area (Å²) in [6.45, 7) is 1.26. The van der Waals surface area contributed by atoms with Crippen LogP contribution in [0.4, 0.5) is 0 Å². The van der Waals surface area contributed by atoms with Crippen molar-refractivity contribution in [3.8, 4) is 0 Å². The lowest BCUT2D eigenvalue weighted by molar-refractivity contribution is -0.107. The Kier molecular flexibility index (Phi) is 2.36. The summed E-state index contributed by atoms with van der Waals surface area (Å²) in [6.07, 6.45) is 0.00227. The highest BCUT2D eigenvalue weighted by Crippen LogP contribution is 2.36. The van der Waals surface area contributed by atoms with Gasteiger partial charge in [0.15, 0.2) is 0 Å². The van der Waals surface area contributed by atoms with Crippen molar-refractivity contribution in [2.75, 3.05) is 27.4 Å². The van der Waals surface area contributed by atoms with E-state index in [9.17, 15) is 0 Å². The van der Waals surface area contributed by atoms with E-state index < -0.39 is 0 Å². The maximum absolute atomic E-state index is 5.78. The molecular weight excluding hydrogens is 169 g/mol. The van der Waals surface area contributed by atoms with Crippen LogP contribution in [0.15, 0.2) is 0 Å². The third-order valence-corrected chi connectivity index (χ3v) is 2.85. The molecule has 2 aliphatic rings. The molecule has 2 radical (unpaired) electrons. The van der Waals surface area contributed by atoms with Gasteiger partial charge >= 0.3 is 0 Å². The molecule has 0 spiro atoms. The summed E-state index contributed by atoms with van der Waals surface area (Å²) in [6, 6.07) is -0.186.